The quantitative estimate of drug-likeness (QED) is 0.508. The third kappa shape index (κ3) is 4.90. The van der Waals surface area contributed by atoms with E-state index in [4.69, 9.17) is 10.8 Å². The first-order valence-electron chi connectivity index (χ1n) is 3.92. The van der Waals surface area contributed by atoms with Crippen LogP contribution in [0.15, 0.2) is 12.2 Å². The molecular formula is C8H14BNO2S. The van der Waals surface area contributed by atoms with Gasteiger partial charge in [-0.2, -0.15) is 0 Å². The Balaban J connectivity index is 3.90. The molecule has 0 bridgehead atoms. The van der Waals surface area contributed by atoms with E-state index in [1.165, 1.54) is 6.92 Å². The van der Waals surface area contributed by atoms with E-state index in [0.29, 0.717) is 11.3 Å². The third-order valence-corrected chi connectivity index (χ3v) is 2.55. The van der Waals surface area contributed by atoms with E-state index in [2.05, 4.69) is 6.58 Å². The van der Waals surface area contributed by atoms with Crippen LogP contribution in [0.4, 0.5) is 0 Å². The zero-order valence-electron chi connectivity index (χ0n) is 7.91. The molecule has 0 rings (SSSR count). The van der Waals surface area contributed by atoms with Crippen LogP contribution in [0, 0.1) is 0 Å². The van der Waals surface area contributed by atoms with Crippen LogP contribution in [0.3, 0.4) is 0 Å². The number of carbonyl (C=O) groups excluding carboxylic acids is 1. The van der Waals surface area contributed by atoms with E-state index in [0.717, 1.165) is 11.8 Å². The zero-order chi connectivity index (χ0) is 10.4. The maximum absolute atomic E-state index is 11.1. The molecule has 72 valence electrons. The number of thioether (sulfide) groups is 1. The second kappa shape index (κ2) is 5.99. The minimum absolute atomic E-state index is 0.0839. The van der Waals surface area contributed by atoms with Gasteiger partial charge in [0, 0.05) is 0 Å². The van der Waals surface area contributed by atoms with Gasteiger partial charge in [-0.3, -0.25) is 0 Å². The second-order valence-electron chi connectivity index (χ2n) is 2.70. The molecule has 0 amide bonds. The minimum atomic E-state index is -0.474. The van der Waals surface area contributed by atoms with Crippen LogP contribution in [-0.4, -0.2) is 34.6 Å². The Kier molecular flexibility index (Phi) is 5.74. The Bertz CT molecular complexity index is 240. The molecule has 0 aromatic rings. The van der Waals surface area contributed by atoms with Crippen LogP contribution in [0.1, 0.15) is 6.92 Å². The fourth-order valence-electron chi connectivity index (χ4n) is 0.588. The van der Waals surface area contributed by atoms with Crippen molar-refractivity contribution in [2.45, 2.75) is 19.8 Å². The van der Waals surface area contributed by atoms with Crippen molar-refractivity contribution in [2.75, 3.05) is 5.75 Å². The summed E-state index contributed by atoms with van der Waals surface area (Å²) in [4.78, 5) is 11.1. The molecule has 3 N–H and O–H groups in total. The zero-order valence-corrected chi connectivity index (χ0v) is 8.73. The molecule has 0 saturated heterocycles. The average Bonchev–Trinajstić information content (AvgIpc) is 2.11. The third-order valence-electron chi connectivity index (χ3n) is 1.42. The van der Waals surface area contributed by atoms with Crippen LogP contribution in [0.2, 0.25) is 6.82 Å². The normalized spacial score (nSPS) is 13.3. The summed E-state index contributed by atoms with van der Waals surface area (Å²) in [6, 6.07) is -0.474. The number of hydrogen-bond acceptors (Lipinski definition) is 4. The Hall–Kier alpha value is -0.545. The molecule has 1 unspecified atom stereocenters. The van der Waals surface area contributed by atoms with Crippen LogP contribution >= 0.6 is 11.8 Å². The van der Waals surface area contributed by atoms with Gasteiger partial charge in [-0.05, 0) is 0 Å². The van der Waals surface area contributed by atoms with Gasteiger partial charge in [-0.25, -0.2) is 0 Å². The summed E-state index contributed by atoms with van der Waals surface area (Å²) >= 11 is 1.07. The van der Waals surface area contributed by atoms with Crippen molar-refractivity contribution in [3.05, 3.63) is 12.2 Å². The van der Waals surface area contributed by atoms with E-state index < -0.39 is 6.04 Å². The molecule has 0 fully saturated rings. The van der Waals surface area contributed by atoms with Gasteiger partial charge < -0.3 is 0 Å². The molecule has 5 heteroatoms. The predicted octanol–water partition coefficient (Wildman–Crippen LogP) is 0.404. The van der Waals surface area contributed by atoms with Crippen molar-refractivity contribution in [1.29, 1.82) is 0 Å². The summed E-state index contributed by atoms with van der Waals surface area (Å²) in [6.07, 6.45) is 0. The molecule has 0 aliphatic heterocycles. The van der Waals surface area contributed by atoms with E-state index in [1.807, 2.05) is 0 Å². The van der Waals surface area contributed by atoms with Crippen molar-refractivity contribution >= 4 is 29.4 Å². The first-order chi connectivity index (χ1) is 5.99. The van der Waals surface area contributed by atoms with Gasteiger partial charge >= 0.3 is 82.8 Å². The molecular weight excluding hydrogens is 185 g/mol. The molecule has 1 atom stereocenters. The van der Waals surface area contributed by atoms with Crippen molar-refractivity contribution < 1.29 is 9.90 Å². The number of aliphatic hydroxyl groups excluding tert-OH is 1. The van der Waals surface area contributed by atoms with Crippen LogP contribution < -0.4 is 5.73 Å². The molecule has 0 aliphatic rings. The summed E-state index contributed by atoms with van der Waals surface area (Å²) < 4.78 is 0. The monoisotopic (exact) mass is 199 g/mol. The molecule has 0 aliphatic carbocycles. The van der Waals surface area contributed by atoms with Gasteiger partial charge in [0.25, 0.3) is 0 Å². The number of nitrogens with two attached hydrogens (primary N) is 1. The summed E-state index contributed by atoms with van der Waals surface area (Å²) in [5, 5.41) is 9.08. The van der Waals surface area contributed by atoms with Gasteiger partial charge in [0.05, 0.1) is 0 Å². The van der Waals surface area contributed by atoms with Crippen LogP contribution in [-0.2, 0) is 4.79 Å². The van der Waals surface area contributed by atoms with E-state index in [1.54, 1.807) is 13.7 Å². The first-order valence-corrected chi connectivity index (χ1v) is 4.91. The summed E-state index contributed by atoms with van der Waals surface area (Å²) in [6.45, 7) is 8.38. The molecule has 13 heavy (non-hydrogen) atoms. The predicted molar refractivity (Wildman–Crippen MR) is 58.8 cm³/mol. The number of aliphatic hydroxyl groups is 1. The number of rotatable bonds is 4. The molecule has 0 heterocycles. The molecule has 0 spiro atoms. The molecule has 0 aromatic heterocycles. The van der Waals surface area contributed by atoms with Crippen LogP contribution in [0.5, 0.6) is 0 Å². The summed E-state index contributed by atoms with van der Waals surface area (Å²) in [5.74, 6) is 0.377. The Morgan fingerprint density at radius 1 is 1.77 bits per heavy atom. The van der Waals surface area contributed by atoms with Crippen molar-refractivity contribution in [3.8, 4) is 0 Å². The Morgan fingerprint density at radius 2 is 2.31 bits per heavy atom. The average molecular weight is 199 g/mol. The van der Waals surface area contributed by atoms with E-state index >= 15 is 0 Å². The topological polar surface area (TPSA) is 63.3 Å². The fraction of sp³-hybridized carbons (Fsp3) is 0.500. The Labute approximate surface area is 83.3 Å². The van der Waals surface area contributed by atoms with Crippen molar-refractivity contribution in [1.82, 2.24) is 0 Å². The maximum atomic E-state index is 11.1. The summed E-state index contributed by atoms with van der Waals surface area (Å²) in [7, 11) is 0. The first kappa shape index (κ1) is 12.5. The van der Waals surface area contributed by atoms with Crippen molar-refractivity contribution in [3.63, 3.8) is 0 Å². The Morgan fingerprint density at radius 3 is 2.69 bits per heavy atom. The standard InChI is InChI=1S/C8H14BNO2S/c1-5(2)8(12)13-4-6(10)7(11)9-3/h6,11H,1,4,10H2,2-3H3. The SMILES string of the molecule is C=C(C)C(=O)SCC(N)C(O)=BC. The van der Waals surface area contributed by atoms with Gasteiger partial charge in [0.1, 0.15) is 0 Å². The molecule has 0 aromatic carbocycles. The van der Waals surface area contributed by atoms with E-state index in [9.17, 15) is 4.79 Å². The molecule has 0 saturated carbocycles. The van der Waals surface area contributed by atoms with E-state index in [-0.39, 0.29) is 10.8 Å². The van der Waals surface area contributed by atoms with Gasteiger partial charge in [0.15, 0.2) is 0 Å². The second-order valence-corrected chi connectivity index (χ2v) is 3.69. The van der Waals surface area contributed by atoms with Crippen LogP contribution in [0.25, 0.3) is 0 Å². The number of carbonyl (C=O) groups is 1. The fourth-order valence-corrected chi connectivity index (χ4v) is 1.34. The molecule has 3 nitrogen and oxygen atoms in total. The summed E-state index contributed by atoms with van der Waals surface area (Å²) in [5.41, 5.74) is 6.17. The van der Waals surface area contributed by atoms with Gasteiger partial charge in [-0.15, -0.1) is 0 Å². The van der Waals surface area contributed by atoms with Gasteiger partial charge in [0.2, 0.25) is 0 Å². The number of hydrogen-bond donors (Lipinski definition) is 2. The van der Waals surface area contributed by atoms with Crippen molar-refractivity contribution in [2.24, 2.45) is 5.73 Å². The van der Waals surface area contributed by atoms with Gasteiger partial charge in [-0.1, -0.05) is 0 Å². The molecule has 0 radical (unpaired) electrons.